The summed E-state index contributed by atoms with van der Waals surface area (Å²) in [4.78, 5) is 2.45. The fourth-order valence-electron chi connectivity index (χ4n) is 2.00. The number of likely N-dealkylation sites (tertiary alicyclic amines) is 1. The van der Waals surface area contributed by atoms with Crippen LogP contribution in [0.15, 0.2) is 0 Å². The molecule has 0 bridgehead atoms. The third-order valence-corrected chi connectivity index (χ3v) is 3.07. The zero-order chi connectivity index (χ0) is 13.6. The summed E-state index contributed by atoms with van der Waals surface area (Å²) < 4.78 is 21.4. The highest BCUT2D eigenvalue weighted by molar-refractivity contribution is 4.64. The van der Waals surface area contributed by atoms with Crippen molar-refractivity contribution in [2.24, 2.45) is 0 Å². The van der Waals surface area contributed by atoms with E-state index in [1.165, 1.54) is 25.9 Å². The standard InChI is InChI=1S/C14H29NO4/c1-2-16-9-10-18-13-14-19-12-11-17-8-7-15-5-3-4-6-15/h2-14H2,1H3. The van der Waals surface area contributed by atoms with Crippen LogP contribution in [0.1, 0.15) is 19.8 Å². The molecule has 0 saturated carbocycles. The Hall–Kier alpha value is -0.200. The Kier molecular flexibility index (Phi) is 11.4. The molecule has 19 heavy (non-hydrogen) atoms. The Bertz CT molecular complexity index is 186. The summed E-state index contributed by atoms with van der Waals surface area (Å²) in [7, 11) is 0. The lowest BCUT2D eigenvalue weighted by atomic mass is 10.4. The number of hydrogen-bond acceptors (Lipinski definition) is 5. The van der Waals surface area contributed by atoms with Gasteiger partial charge >= 0.3 is 0 Å². The van der Waals surface area contributed by atoms with Crippen LogP contribution in [0.2, 0.25) is 0 Å². The molecule has 0 radical (unpaired) electrons. The topological polar surface area (TPSA) is 40.2 Å². The molecule has 0 N–H and O–H groups in total. The Balaban J connectivity index is 1.67. The van der Waals surface area contributed by atoms with Crippen molar-refractivity contribution in [3.63, 3.8) is 0 Å². The lowest BCUT2D eigenvalue weighted by Gasteiger charge is -2.14. The Morgan fingerprint density at radius 3 is 1.68 bits per heavy atom. The summed E-state index contributed by atoms with van der Waals surface area (Å²) in [5.74, 6) is 0. The van der Waals surface area contributed by atoms with Gasteiger partial charge in [0.25, 0.3) is 0 Å². The average Bonchev–Trinajstić information content (AvgIpc) is 2.93. The van der Waals surface area contributed by atoms with Crippen molar-refractivity contribution in [1.29, 1.82) is 0 Å². The van der Waals surface area contributed by atoms with Gasteiger partial charge in [-0.3, -0.25) is 0 Å². The van der Waals surface area contributed by atoms with E-state index in [9.17, 15) is 0 Å². The minimum atomic E-state index is 0.626. The lowest BCUT2D eigenvalue weighted by molar-refractivity contribution is -0.00216. The van der Waals surface area contributed by atoms with Crippen molar-refractivity contribution in [3.8, 4) is 0 Å². The summed E-state index contributed by atoms with van der Waals surface area (Å²) in [6, 6.07) is 0. The first kappa shape index (κ1) is 16.9. The Labute approximate surface area is 117 Å². The fourth-order valence-corrected chi connectivity index (χ4v) is 2.00. The van der Waals surface area contributed by atoms with Gasteiger partial charge in [0.2, 0.25) is 0 Å². The van der Waals surface area contributed by atoms with Gasteiger partial charge in [0.1, 0.15) is 0 Å². The first-order valence-corrected chi connectivity index (χ1v) is 7.47. The number of hydrogen-bond donors (Lipinski definition) is 0. The first-order valence-electron chi connectivity index (χ1n) is 7.47. The molecule has 0 aromatic heterocycles. The number of nitrogens with zero attached hydrogens (tertiary/aromatic N) is 1. The van der Waals surface area contributed by atoms with E-state index in [1.807, 2.05) is 6.92 Å². The van der Waals surface area contributed by atoms with Gasteiger partial charge in [-0.15, -0.1) is 0 Å². The molecule has 0 unspecified atom stereocenters. The molecule has 0 aromatic rings. The van der Waals surface area contributed by atoms with E-state index in [1.54, 1.807) is 0 Å². The van der Waals surface area contributed by atoms with Crippen molar-refractivity contribution in [3.05, 3.63) is 0 Å². The maximum atomic E-state index is 5.53. The van der Waals surface area contributed by atoms with Crippen molar-refractivity contribution < 1.29 is 18.9 Å². The fraction of sp³-hybridized carbons (Fsp3) is 1.00. The third-order valence-electron chi connectivity index (χ3n) is 3.07. The van der Waals surface area contributed by atoms with Crippen molar-refractivity contribution in [2.75, 3.05) is 72.5 Å². The Morgan fingerprint density at radius 1 is 0.684 bits per heavy atom. The predicted molar refractivity (Wildman–Crippen MR) is 74.6 cm³/mol. The number of rotatable bonds is 13. The molecular weight excluding hydrogens is 246 g/mol. The van der Waals surface area contributed by atoms with Gasteiger partial charge < -0.3 is 23.8 Å². The van der Waals surface area contributed by atoms with Crippen LogP contribution in [-0.2, 0) is 18.9 Å². The molecule has 1 saturated heterocycles. The highest BCUT2D eigenvalue weighted by Gasteiger charge is 2.09. The molecule has 0 spiro atoms. The van der Waals surface area contributed by atoms with Crippen LogP contribution in [-0.4, -0.2) is 77.4 Å². The second kappa shape index (κ2) is 12.8. The van der Waals surface area contributed by atoms with E-state index in [0.717, 1.165) is 19.8 Å². The lowest BCUT2D eigenvalue weighted by Crippen LogP contribution is -2.24. The van der Waals surface area contributed by atoms with Crippen LogP contribution in [0, 0.1) is 0 Å². The smallest absolute Gasteiger partial charge is 0.0701 e. The molecule has 114 valence electrons. The van der Waals surface area contributed by atoms with E-state index in [0.29, 0.717) is 39.6 Å². The summed E-state index contributed by atoms with van der Waals surface area (Å²) >= 11 is 0. The summed E-state index contributed by atoms with van der Waals surface area (Å²) in [6.07, 6.45) is 2.68. The summed E-state index contributed by atoms with van der Waals surface area (Å²) in [5.41, 5.74) is 0. The molecule has 1 aliphatic rings. The molecule has 5 nitrogen and oxygen atoms in total. The van der Waals surface area contributed by atoms with Crippen LogP contribution in [0.4, 0.5) is 0 Å². The largest absolute Gasteiger partial charge is 0.379 e. The van der Waals surface area contributed by atoms with Gasteiger partial charge in [-0.05, 0) is 32.9 Å². The zero-order valence-electron chi connectivity index (χ0n) is 12.3. The molecule has 1 aliphatic heterocycles. The quantitative estimate of drug-likeness (QED) is 0.472. The number of ether oxygens (including phenoxy) is 4. The second-order valence-electron chi connectivity index (χ2n) is 4.58. The van der Waals surface area contributed by atoms with Gasteiger partial charge in [0, 0.05) is 13.2 Å². The van der Waals surface area contributed by atoms with Crippen molar-refractivity contribution >= 4 is 0 Å². The van der Waals surface area contributed by atoms with Crippen molar-refractivity contribution in [2.45, 2.75) is 19.8 Å². The highest BCUT2D eigenvalue weighted by atomic mass is 16.6. The average molecular weight is 275 g/mol. The van der Waals surface area contributed by atoms with Crippen LogP contribution in [0.5, 0.6) is 0 Å². The van der Waals surface area contributed by atoms with Gasteiger partial charge in [-0.2, -0.15) is 0 Å². The third kappa shape index (κ3) is 10.3. The van der Waals surface area contributed by atoms with E-state index >= 15 is 0 Å². The maximum Gasteiger partial charge on any atom is 0.0701 e. The van der Waals surface area contributed by atoms with Gasteiger partial charge in [-0.25, -0.2) is 0 Å². The first-order chi connectivity index (χ1) is 9.43. The molecular formula is C14H29NO4. The van der Waals surface area contributed by atoms with Crippen LogP contribution in [0.25, 0.3) is 0 Å². The molecule has 0 amide bonds. The minimum absolute atomic E-state index is 0.626. The highest BCUT2D eigenvalue weighted by Crippen LogP contribution is 2.05. The van der Waals surface area contributed by atoms with E-state index < -0.39 is 0 Å². The van der Waals surface area contributed by atoms with Gasteiger partial charge in [-0.1, -0.05) is 0 Å². The summed E-state index contributed by atoms with van der Waals surface area (Å²) in [6.45, 7) is 10.9. The van der Waals surface area contributed by atoms with Gasteiger partial charge in [0.15, 0.2) is 0 Å². The molecule has 1 heterocycles. The second-order valence-corrected chi connectivity index (χ2v) is 4.58. The van der Waals surface area contributed by atoms with E-state index in [2.05, 4.69) is 4.90 Å². The molecule has 0 aliphatic carbocycles. The van der Waals surface area contributed by atoms with E-state index in [-0.39, 0.29) is 0 Å². The zero-order valence-corrected chi connectivity index (χ0v) is 12.3. The Morgan fingerprint density at radius 2 is 1.16 bits per heavy atom. The SMILES string of the molecule is CCOCCOCCOCCOCCN1CCCC1. The van der Waals surface area contributed by atoms with Crippen molar-refractivity contribution in [1.82, 2.24) is 4.90 Å². The van der Waals surface area contributed by atoms with Crippen LogP contribution >= 0.6 is 0 Å². The van der Waals surface area contributed by atoms with Crippen LogP contribution in [0.3, 0.4) is 0 Å². The molecule has 0 atom stereocenters. The molecule has 0 aromatic carbocycles. The molecule has 1 fully saturated rings. The minimum Gasteiger partial charge on any atom is -0.379 e. The monoisotopic (exact) mass is 275 g/mol. The predicted octanol–water partition coefficient (Wildman–Crippen LogP) is 1.17. The van der Waals surface area contributed by atoms with E-state index in [4.69, 9.17) is 18.9 Å². The van der Waals surface area contributed by atoms with Gasteiger partial charge in [0.05, 0.1) is 46.2 Å². The molecule has 5 heteroatoms. The maximum absolute atomic E-state index is 5.53. The van der Waals surface area contributed by atoms with Crippen LogP contribution < -0.4 is 0 Å². The molecule has 1 rings (SSSR count). The normalized spacial score (nSPS) is 16.3. The summed E-state index contributed by atoms with van der Waals surface area (Å²) in [5, 5.41) is 0.